The monoisotopic (exact) mass is 221 g/mol. The summed E-state index contributed by atoms with van der Waals surface area (Å²) in [5.74, 6) is 0. The number of aliphatic hydroxyl groups excluding tert-OH is 1. The van der Waals surface area contributed by atoms with Crippen LogP contribution in [0.5, 0.6) is 0 Å². The molecule has 1 rings (SSSR count). The summed E-state index contributed by atoms with van der Waals surface area (Å²) in [4.78, 5) is 1.97. The highest BCUT2D eigenvalue weighted by atomic mass is 35.5. The standard InChI is InChI=1S/C7H12ClN3OS/c1-5(4-12)11(2)3-6-7(8)13-10-9-6/h5,12H,3-4H2,1-2H3. The third-order valence-corrected chi connectivity index (χ3v) is 2.91. The lowest BCUT2D eigenvalue weighted by Gasteiger charge is -2.21. The van der Waals surface area contributed by atoms with E-state index < -0.39 is 0 Å². The van der Waals surface area contributed by atoms with Crippen molar-refractivity contribution in [1.82, 2.24) is 14.5 Å². The quantitative estimate of drug-likeness (QED) is 0.825. The third-order valence-electron chi connectivity index (χ3n) is 1.93. The van der Waals surface area contributed by atoms with Crippen molar-refractivity contribution in [3.8, 4) is 0 Å². The Morgan fingerprint density at radius 1 is 1.69 bits per heavy atom. The smallest absolute Gasteiger partial charge is 0.138 e. The molecule has 1 N–H and O–H groups in total. The van der Waals surface area contributed by atoms with Gasteiger partial charge in [-0.25, -0.2) is 0 Å². The van der Waals surface area contributed by atoms with Crippen LogP contribution in [0, 0.1) is 0 Å². The molecule has 0 aliphatic carbocycles. The molecule has 1 unspecified atom stereocenters. The van der Waals surface area contributed by atoms with E-state index in [1.165, 1.54) is 11.5 Å². The number of halogens is 1. The Balaban J connectivity index is 2.54. The fourth-order valence-electron chi connectivity index (χ4n) is 0.823. The van der Waals surface area contributed by atoms with E-state index in [1.54, 1.807) is 0 Å². The Labute approximate surface area is 86.3 Å². The van der Waals surface area contributed by atoms with Crippen LogP contribution >= 0.6 is 23.1 Å². The average molecular weight is 222 g/mol. The fourth-order valence-corrected chi connectivity index (χ4v) is 1.43. The van der Waals surface area contributed by atoms with Gasteiger partial charge in [0.25, 0.3) is 0 Å². The number of hydrogen-bond donors (Lipinski definition) is 1. The van der Waals surface area contributed by atoms with Crippen LogP contribution in [-0.2, 0) is 6.54 Å². The first-order valence-corrected chi connectivity index (χ1v) is 5.08. The van der Waals surface area contributed by atoms with Crippen molar-refractivity contribution in [2.75, 3.05) is 13.7 Å². The highest BCUT2D eigenvalue weighted by Gasteiger charge is 2.12. The molecule has 1 aromatic rings. The van der Waals surface area contributed by atoms with Crippen LogP contribution in [0.3, 0.4) is 0 Å². The zero-order valence-electron chi connectivity index (χ0n) is 7.57. The van der Waals surface area contributed by atoms with Gasteiger partial charge in [0.15, 0.2) is 0 Å². The minimum Gasteiger partial charge on any atom is -0.395 e. The first kappa shape index (κ1) is 10.8. The van der Waals surface area contributed by atoms with Gasteiger partial charge >= 0.3 is 0 Å². The molecule has 0 radical (unpaired) electrons. The maximum atomic E-state index is 8.90. The van der Waals surface area contributed by atoms with Gasteiger partial charge in [-0.3, -0.25) is 4.90 Å². The Morgan fingerprint density at radius 3 is 2.85 bits per heavy atom. The van der Waals surface area contributed by atoms with Gasteiger partial charge in [0.05, 0.1) is 6.61 Å². The molecule has 0 spiro atoms. The summed E-state index contributed by atoms with van der Waals surface area (Å²) in [6.45, 7) is 2.69. The van der Waals surface area contributed by atoms with E-state index in [2.05, 4.69) is 9.59 Å². The summed E-state index contributed by atoms with van der Waals surface area (Å²) in [6, 6.07) is 0.109. The number of likely N-dealkylation sites (N-methyl/N-ethyl adjacent to an activating group) is 1. The molecule has 0 aliphatic heterocycles. The second-order valence-electron chi connectivity index (χ2n) is 2.94. The van der Waals surface area contributed by atoms with Gasteiger partial charge < -0.3 is 5.11 Å². The minimum atomic E-state index is 0.109. The van der Waals surface area contributed by atoms with Crippen LogP contribution in [0.2, 0.25) is 4.34 Å². The van der Waals surface area contributed by atoms with Gasteiger partial charge in [-0.05, 0) is 14.0 Å². The maximum absolute atomic E-state index is 8.90. The summed E-state index contributed by atoms with van der Waals surface area (Å²) in [5.41, 5.74) is 0.773. The topological polar surface area (TPSA) is 49.2 Å². The van der Waals surface area contributed by atoms with E-state index in [1.807, 2.05) is 18.9 Å². The zero-order valence-corrected chi connectivity index (χ0v) is 9.14. The molecule has 1 atom stereocenters. The summed E-state index contributed by atoms with van der Waals surface area (Å²) < 4.78 is 4.35. The average Bonchev–Trinajstić information content (AvgIpc) is 2.50. The zero-order chi connectivity index (χ0) is 9.84. The Kier molecular flexibility index (Phi) is 4.05. The molecule has 0 aromatic carbocycles. The lowest BCUT2D eigenvalue weighted by Crippen LogP contribution is -2.31. The second kappa shape index (κ2) is 4.85. The molecule has 1 heterocycles. The van der Waals surface area contributed by atoms with Crippen molar-refractivity contribution in [1.29, 1.82) is 0 Å². The Hall–Kier alpha value is -0.230. The van der Waals surface area contributed by atoms with Crippen LogP contribution in [-0.4, -0.2) is 39.3 Å². The van der Waals surface area contributed by atoms with E-state index in [4.69, 9.17) is 16.7 Å². The number of rotatable bonds is 4. The molecule has 13 heavy (non-hydrogen) atoms. The molecule has 0 saturated heterocycles. The summed E-state index contributed by atoms with van der Waals surface area (Å²) in [7, 11) is 1.91. The lowest BCUT2D eigenvalue weighted by molar-refractivity contribution is 0.153. The van der Waals surface area contributed by atoms with Crippen molar-refractivity contribution >= 4 is 23.1 Å². The molecule has 1 aromatic heterocycles. The van der Waals surface area contributed by atoms with Gasteiger partial charge in [0.1, 0.15) is 10.0 Å². The van der Waals surface area contributed by atoms with Gasteiger partial charge in [-0.15, -0.1) is 5.10 Å². The lowest BCUT2D eigenvalue weighted by atomic mass is 10.3. The van der Waals surface area contributed by atoms with Crippen LogP contribution in [0.1, 0.15) is 12.6 Å². The Morgan fingerprint density at radius 2 is 2.38 bits per heavy atom. The summed E-state index contributed by atoms with van der Waals surface area (Å²) in [5, 5.41) is 12.8. The molecule has 0 bridgehead atoms. The highest BCUT2D eigenvalue weighted by molar-refractivity contribution is 7.10. The van der Waals surface area contributed by atoms with Crippen molar-refractivity contribution in [3.63, 3.8) is 0 Å². The van der Waals surface area contributed by atoms with Crippen LogP contribution in [0.4, 0.5) is 0 Å². The van der Waals surface area contributed by atoms with Crippen LogP contribution in [0.25, 0.3) is 0 Å². The predicted molar refractivity (Wildman–Crippen MR) is 52.9 cm³/mol. The molecule has 0 saturated carbocycles. The van der Waals surface area contributed by atoms with Gasteiger partial charge in [-0.1, -0.05) is 16.1 Å². The van der Waals surface area contributed by atoms with Crippen LogP contribution in [0.15, 0.2) is 0 Å². The van der Waals surface area contributed by atoms with Gasteiger partial charge in [0.2, 0.25) is 0 Å². The SMILES string of the molecule is CC(CO)N(C)Cc1nnsc1Cl. The first-order valence-electron chi connectivity index (χ1n) is 3.93. The molecular weight excluding hydrogens is 210 g/mol. The molecule has 6 heteroatoms. The van der Waals surface area contributed by atoms with E-state index in [0.717, 1.165) is 5.69 Å². The molecule has 0 fully saturated rings. The summed E-state index contributed by atoms with van der Waals surface area (Å²) >= 11 is 7.02. The largest absolute Gasteiger partial charge is 0.395 e. The van der Waals surface area contributed by atoms with Crippen LogP contribution < -0.4 is 0 Å². The van der Waals surface area contributed by atoms with Gasteiger partial charge in [-0.2, -0.15) is 0 Å². The number of aliphatic hydroxyl groups is 1. The van der Waals surface area contributed by atoms with E-state index >= 15 is 0 Å². The van der Waals surface area contributed by atoms with Crippen molar-refractivity contribution in [2.45, 2.75) is 19.5 Å². The number of hydrogen-bond acceptors (Lipinski definition) is 5. The molecule has 0 aliphatic rings. The summed E-state index contributed by atoms with van der Waals surface area (Å²) in [6.07, 6.45) is 0. The van der Waals surface area contributed by atoms with E-state index in [0.29, 0.717) is 10.9 Å². The molecule has 4 nitrogen and oxygen atoms in total. The van der Waals surface area contributed by atoms with E-state index in [9.17, 15) is 0 Å². The number of nitrogens with zero attached hydrogens (tertiary/aromatic N) is 3. The fraction of sp³-hybridized carbons (Fsp3) is 0.714. The second-order valence-corrected chi connectivity index (χ2v) is 4.30. The predicted octanol–water partition coefficient (Wildman–Crippen LogP) is 1.00. The first-order chi connectivity index (χ1) is 6.15. The molecule has 74 valence electrons. The normalized spacial score (nSPS) is 13.6. The molecular formula is C7H12ClN3OS. The molecule has 0 amide bonds. The van der Waals surface area contributed by atoms with Crippen molar-refractivity contribution < 1.29 is 5.11 Å². The number of aromatic nitrogens is 2. The van der Waals surface area contributed by atoms with Crippen molar-refractivity contribution in [3.05, 3.63) is 10.0 Å². The van der Waals surface area contributed by atoms with E-state index in [-0.39, 0.29) is 12.6 Å². The Bertz CT molecular complexity index is 268. The van der Waals surface area contributed by atoms with Crippen molar-refractivity contribution in [2.24, 2.45) is 0 Å². The third kappa shape index (κ3) is 2.87. The maximum Gasteiger partial charge on any atom is 0.138 e. The highest BCUT2D eigenvalue weighted by Crippen LogP contribution is 2.18. The van der Waals surface area contributed by atoms with Gasteiger partial charge in [0, 0.05) is 24.1 Å². The minimum absolute atomic E-state index is 0.109.